The Kier molecular flexibility index (Phi) is 7.49. The molecule has 1 rings (SSSR count). The van der Waals surface area contributed by atoms with Crippen molar-refractivity contribution in [2.75, 3.05) is 32.8 Å². The lowest BCUT2D eigenvalue weighted by Crippen LogP contribution is -2.52. The molecule has 0 saturated carbocycles. The molecule has 1 aliphatic heterocycles. The Balaban J connectivity index is 2.54. The summed E-state index contributed by atoms with van der Waals surface area (Å²) in [4.78, 5) is 2.63. The van der Waals surface area contributed by atoms with Crippen molar-refractivity contribution in [2.45, 2.75) is 66.5 Å². The van der Waals surface area contributed by atoms with Crippen LogP contribution < -0.4 is 5.32 Å². The standard InChI is InChI=1S/C17H36N2O/c1-7-8-17(6,12-18-9-14(2)3)13-19-10-16(5)20-11-15(19)4/h14-16,18H,7-13H2,1-6H3. The number of ether oxygens (including phenoxy) is 1. The molecular weight excluding hydrogens is 248 g/mol. The van der Waals surface area contributed by atoms with Crippen molar-refractivity contribution < 1.29 is 4.74 Å². The van der Waals surface area contributed by atoms with Gasteiger partial charge in [0, 0.05) is 25.7 Å². The van der Waals surface area contributed by atoms with Gasteiger partial charge in [-0.15, -0.1) is 0 Å². The van der Waals surface area contributed by atoms with Gasteiger partial charge in [-0.2, -0.15) is 0 Å². The van der Waals surface area contributed by atoms with Crippen LogP contribution in [0.4, 0.5) is 0 Å². The summed E-state index contributed by atoms with van der Waals surface area (Å²) >= 11 is 0. The average Bonchev–Trinajstić information content (AvgIpc) is 2.33. The Morgan fingerprint density at radius 1 is 1.35 bits per heavy atom. The predicted octanol–water partition coefficient (Wildman–Crippen LogP) is 3.15. The average molecular weight is 284 g/mol. The van der Waals surface area contributed by atoms with E-state index in [1.165, 1.54) is 19.4 Å². The van der Waals surface area contributed by atoms with E-state index in [1.807, 2.05) is 0 Å². The summed E-state index contributed by atoms with van der Waals surface area (Å²) < 4.78 is 5.75. The molecule has 1 heterocycles. The van der Waals surface area contributed by atoms with E-state index in [0.717, 1.165) is 32.2 Å². The lowest BCUT2D eigenvalue weighted by atomic mass is 9.84. The lowest BCUT2D eigenvalue weighted by molar-refractivity contribution is -0.0623. The van der Waals surface area contributed by atoms with Crippen molar-refractivity contribution in [2.24, 2.45) is 11.3 Å². The van der Waals surface area contributed by atoms with Crippen LogP contribution in [0, 0.1) is 11.3 Å². The van der Waals surface area contributed by atoms with Gasteiger partial charge in [-0.25, -0.2) is 0 Å². The first-order valence-corrected chi connectivity index (χ1v) is 8.42. The number of hydrogen-bond acceptors (Lipinski definition) is 3. The summed E-state index contributed by atoms with van der Waals surface area (Å²) in [6.45, 7) is 19.1. The van der Waals surface area contributed by atoms with E-state index in [4.69, 9.17) is 4.74 Å². The molecule has 20 heavy (non-hydrogen) atoms. The zero-order valence-corrected chi connectivity index (χ0v) is 14.5. The minimum atomic E-state index is 0.370. The zero-order valence-electron chi connectivity index (χ0n) is 14.5. The highest BCUT2D eigenvalue weighted by atomic mass is 16.5. The maximum absolute atomic E-state index is 5.75. The highest BCUT2D eigenvalue weighted by Gasteiger charge is 2.31. The van der Waals surface area contributed by atoms with Gasteiger partial charge in [-0.3, -0.25) is 4.90 Å². The molecule has 3 atom stereocenters. The van der Waals surface area contributed by atoms with Gasteiger partial charge in [0.15, 0.2) is 0 Å². The fraction of sp³-hybridized carbons (Fsp3) is 1.00. The first kappa shape index (κ1) is 17.9. The molecule has 0 aromatic heterocycles. The van der Waals surface area contributed by atoms with Crippen molar-refractivity contribution in [3.63, 3.8) is 0 Å². The van der Waals surface area contributed by atoms with E-state index >= 15 is 0 Å². The Bertz CT molecular complexity index is 270. The Labute approximate surface area is 126 Å². The maximum Gasteiger partial charge on any atom is 0.0674 e. The van der Waals surface area contributed by atoms with Crippen molar-refractivity contribution in [1.82, 2.24) is 10.2 Å². The van der Waals surface area contributed by atoms with E-state index in [1.54, 1.807) is 0 Å². The van der Waals surface area contributed by atoms with Crippen molar-refractivity contribution in [1.29, 1.82) is 0 Å². The third-order valence-corrected chi connectivity index (χ3v) is 4.28. The highest BCUT2D eigenvalue weighted by Crippen LogP contribution is 2.26. The molecular formula is C17H36N2O. The molecule has 1 fully saturated rings. The Morgan fingerprint density at radius 2 is 2.05 bits per heavy atom. The number of hydrogen-bond donors (Lipinski definition) is 1. The third kappa shape index (κ3) is 6.11. The van der Waals surface area contributed by atoms with Gasteiger partial charge in [-0.05, 0) is 38.1 Å². The molecule has 3 unspecified atom stereocenters. The summed E-state index contributed by atoms with van der Waals surface area (Å²) in [5.74, 6) is 0.725. The Morgan fingerprint density at radius 3 is 2.65 bits per heavy atom. The van der Waals surface area contributed by atoms with Crippen LogP contribution in [0.3, 0.4) is 0 Å². The van der Waals surface area contributed by atoms with Gasteiger partial charge < -0.3 is 10.1 Å². The van der Waals surface area contributed by atoms with Crippen molar-refractivity contribution in [3.8, 4) is 0 Å². The van der Waals surface area contributed by atoms with Crippen LogP contribution >= 0.6 is 0 Å². The van der Waals surface area contributed by atoms with Crippen LogP contribution in [0.1, 0.15) is 54.4 Å². The molecule has 1 saturated heterocycles. The fourth-order valence-corrected chi connectivity index (χ4v) is 3.17. The molecule has 0 amide bonds. The second kappa shape index (κ2) is 8.35. The van der Waals surface area contributed by atoms with Crippen LogP contribution in [0.5, 0.6) is 0 Å². The topological polar surface area (TPSA) is 24.5 Å². The molecule has 0 aromatic rings. The number of morpholine rings is 1. The third-order valence-electron chi connectivity index (χ3n) is 4.28. The summed E-state index contributed by atoms with van der Waals surface area (Å²) in [7, 11) is 0. The van der Waals surface area contributed by atoms with E-state index < -0.39 is 0 Å². The summed E-state index contributed by atoms with van der Waals surface area (Å²) in [6.07, 6.45) is 2.92. The van der Waals surface area contributed by atoms with Crippen LogP contribution in [-0.4, -0.2) is 49.8 Å². The van der Waals surface area contributed by atoms with Crippen molar-refractivity contribution in [3.05, 3.63) is 0 Å². The maximum atomic E-state index is 5.75. The number of nitrogens with zero attached hydrogens (tertiary/aromatic N) is 1. The largest absolute Gasteiger partial charge is 0.376 e. The van der Waals surface area contributed by atoms with Gasteiger partial charge in [-0.1, -0.05) is 34.1 Å². The van der Waals surface area contributed by atoms with Gasteiger partial charge in [0.25, 0.3) is 0 Å². The smallest absolute Gasteiger partial charge is 0.0674 e. The quantitative estimate of drug-likeness (QED) is 0.741. The zero-order chi connectivity index (χ0) is 15.2. The highest BCUT2D eigenvalue weighted by molar-refractivity contribution is 4.85. The number of nitrogens with one attached hydrogen (secondary N) is 1. The normalized spacial score (nSPS) is 27.8. The second-order valence-corrected chi connectivity index (χ2v) is 7.51. The molecule has 3 heteroatoms. The molecule has 1 N–H and O–H groups in total. The van der Waals surface area contributed by atoms with Crippen LogP contribution in [-0.2, 0) is 4.74 Å². The Hall–Kier alpha value is -0.120. The second-order valence-electron chi connectivity index (χ2n) is 7.51. The molecule has 0 aromatic carbocycles. The van der Waals surface area contributed by atoms with Crippen LogP contribution in [0.25, 0.3) is 0 Å². The molecule has 0 bridgehead atoms. The van der Waals surface area contributed by atoms with E-state index in [9.17, 15) is 0 Å². The van der Waals surface area contributed by atoms with Gasteiger partial charge in [0.1, 0.15) is 0 Å². The summed E-state index contributed by atoms with van der Waals surface area (Å²) in [5.41, 5.74) is 0.370. The van der Waals surface area contributed by atoms with Gasteiger partial charge in [0.2, 0.25) is 0 Å². The van der Waals surface area contributed by atoms with Crippen LogP contribution in [0.15, 0.2) is 0 Å². The van der Waals surface area contributed by atoms with Crippen molar-refractivity contribution >= 4 is 0 Å². The lowest BCUT2D eigenvalue weighted by Gasteiger charge is -2.42. The van der Waals surface area contributed by atoms with Gasteiger partial charge >= 0.3 is 0 Å². The molecule has 3 nitrogen and oxygen atoms in total. The summed E-state index contributed by atoms with van der Waals surface area (Å²) in [5, 5.41) is 3.67. The molecule has 1 aliphatic rings. The van der Waals surface area contributed by atoms with Crippen LogP contribution in [0.2, 0.25) is 0 Å². The first-order valence-electron chi connectivity index (χ1n) is 8.42. The minimum Gasteiger partial charge on any atom is -0.376 e. The molecule has 0 radical (unpaired) electrons. The molecule has 120 valence electrons. The number of rotatable bonds is 8. The first-order chi connectivity index (χ1) is 9.36. The van der Waals surface area contributed by atoms with E-state index in [0.29, 0.717) is 17.6 Å². The SMILES string of the molecule is CCCC(C)(CNCC(C)C)CN1CC(C)OCC1C. The van der Waals surface area contributed by atoms with Gasteiger partial charge in [0.05, 0.1) is 12.7 Å². The fourth-order valence-electron chi connectivity index (χ4n) is 3.17. The predicted molar refractivity (Wildman–Crippen MR) is 87.2 cm³/mol. The molecule has 0 aliphatic carbocycles. The monoisotopic (exact) mass is 284 g/mol. The molecule has 0 spiro atoms. The summed E-state index contributed by atoms with van der Waals surface area (Å²) in [6, 6.07) is 0.549. The minimum absolute atomic E-state index is 0.370. The van der Waals surface area contributed by atoms with E-state index in [2.05, 4.69) is 51.8 Å². The van der Waals surface area contributed by atoms with E-state index in [-0.39, 0.29) is 0 Å².